The van der Waals surface area contributed by atoms with E-state index < -0.39 is 0 Å². The molecule has 0 saturated heterocycles. The van der Waals surface area contributed by atoms with Gasteiger partial charge in [0, 0.05) is 5.56 Å². The average Bonchev–Trinajstić information content (AvgIpc) is 3.67. The van der Waals surface area contributed by atoms with E-state index in [9.17, 15) is 9.90 Å². The van der Waals surface area contributed by atoms with Crippen molar-refractivity contribution in [2.75, 3.05) is 6.61 Å². The van der Waals surface area contributed by atoms with Gasteiger partial charge in [0.15, 0.2) is 11.5 Å². The van der Waals surface area contributed by atoms with E-state index in [1.54, 1.807) is 66.7 Å². The van der Waals surface area contributed by atoms with Crippen LogP contribution in [0.2, 0.25) is 0 Å². The number of ether oxygens (including phenoxy) is 1. The van der Waals surface area contributed by atoms with Crippen LogP contribution in [0.15, 0.2) is 75.9 Å². The zero-order chi connectivity index (χ0) is 22.8. The topological polar surface area (TPSA) is 83.5 Å². The van der Waals surface area contributed by atoms with Gasteiger partial charge in [0.2, 0.25) is 5.43 Å². The molecule has 0 bridgehead atoms. The predicted octanol–water partition coefficient (Wildman–Crippen LogP) is 6.00. The van der Waals surface area contributed by atoms with E-state index in [-0.39, 0.29) is 11.2 Å². The predicted molar refractivity (Wildman–Crippen MR) is 128 cm³/mol. The van der Waals surface area contributed by atoms with Gasteiger partial charge in [-0.3, -0.25) is 4.79 Å². The van der Waals surface area contributed by atoms with E-state index in [1.165, 1.54) is 0 Å². The van der Waals surface area contributed by atoms with Crippen molar-refractivity contribution < 1.29 is 14.3 Å². The second-order valence-electron chi connectivity index (χ2n) is 8.14. The number of aromatic hydroxyl groups is 1. The number of benzene rings is 3. The minimum Gasteiger partial charge on any atom is -0.504 e. The Morgan fingerprint density at radius 2 is 1.82 bits per heavy atom. The molecule has 0 spiro atoms. The summed E-state index contributed by atoms with van der Waals surface area (Å²) in [7, 11) is 0. The molecule has 162 valence electrons. The van der Waals surface area contributed by atoms with Crippen molar-refractivity contribution in [3.63, 3.8) is 0 Å². The van der Waals surface area contributed by atoms with Crippen LogP contribution in [0.5, 0.6) is 11.5 Å². The molecule has 33 heavy (non-hydrogen) atoms. The van der Waals surface area contributed by atoms with Crippen LogP contribution in [0.1, 0.15) is 29.7 Å². The maximum Gasteiger partial charge on any atom is 0.201 e. The molecule has 0 aliphatic heterocycles. The Labute approximate surface area is 190 Å². The van der Waals surface area contributed by atoms with E-state index in [0.717, 1.165) is 12.8 Å². The summed E-state index contributed by atoms with van der Waals surface area (Å²) in [4.78, 5) is 13.4. The monoisotopic (exact) mass is 435 g/mol. The number of rotatable bonds is 6. The molecule has 3 aromatic carbocycles. The lowest BCUT2D eigenvalue weighted by atomic mass is 10.00. The molecule has 0 atom stereocenters. The molecule has 1 aliphatic rings. The first-order valence-corrected chi connectivity index (χ1v) is 10.8. The number of hydrogen-bond acceptors (Lipinski definition) is 5. The smallest absolute Gasteiger partial charge is 0.201 e. The van der Waals surface area contributed by atoms with E-state index in [0.29, 0.717) is 57.3 Å². The summed E-state index contributed by atoms with van der Waals surface area (Å²) in [6, 6.07) is 21.2. The summed E-state index contributed by atoms with van der Waals surface area (Å²) in [6.45, 7) is 0.569. The molecule has 1 fully saturated rings. The highest BCUT2D eigenvalue weighted by Crippen LogP contribution is 2.36. The molecule has 1 aromatic heterocycles. The third-order valence-corrected chi connectivity index (χ3v) is 5.73. The van der Waals surface area contributed by atoms with Crippen LogP contribution in [-0.2, 0) is 0 Å². The van der Waals surface area contributed by atoms with Crippen molar-refractivity contribution in [2.24, 2.45) is 5.92 Å². The number of phenols is 1. The molecule has 0 radical (unpaired) electrons. The van der Waals surface area contributed by atoms with Gasteiger partial charge in [-0.05, 0) is 66.8 Å². The SMILES string of the molecule is N#Cc1ccc(-c2c(/C=C/c3cccc(O)c3OCC3CC3)oc3ccccc3c2=O)cc1. The number of nitriles is 1. The summed E-state index contributed by atoms with van der Waals surface area (Å²) in [5, 5.41) is 19.9. The maximum atomic E-state index is 13.4. The Bertz CT molecular complexity index is 1450. The van der Waals surface area contributed by atoms with Crippen LogP contribution in [-0.4, -0.2) is 11.7 Å². The van der Waals surface area contributed by atoms with Crippen molar-refractivity contribution in [2.45, 2.75) is 12.8 Å². The largest absolute Gasteiger partial charge is 0.504 e. The normalized spacial score (nSPS) is 13.3. The number of hydrogen-bond donors (Lipinski definition) is 1. The molecular formula is C28H21NO4. The highest BCUT2D eigenvalue weighted by atomic mass is 16.5. The fourth-order valence-electron chi connectivity index (χ4n) is 3.74. The first-order chi connectivity index (χ1) is 16.1. The minimum atomic E-state index is -0.151. The summed E-state index contributed by atoms with van der Waals surface area (Å²) < 4.78 is 12.0. The average molecular weight is 435 g/mol. The third kappa shape index (κ3) is 4.24. The lowest BCUT2D eigenvalue weighted by Crippen LogP contribution is -2.07. The van der Waals surface area contributed by atoms with Crippen LogP contribution >= 0.6 is 0 Å². The van der Waals surface area contributed by atoms with E-state index >= 15 is 0 Å². The molecule has 5 heteroatoms. The van der Waals surface area contributed by atoms with Crippen LogP contribution in [0.3, 0.4) is 0 Å². The molecule has 1 N–H and O–H groups in total. The quantitative estimate of drug-likeness (QED) is 0.402. The van der Waals surface area contributed by atoms with Gasteiger partial charge in [-0.2, -0.15) is 5.26 Å². The van der Waals surface area contributed by atoms with Crippen molar-refractivity contribution in [1.82, 2.24) is 0 Å². The van der Waals surface area contributed by atoms with Gasteiger partial charge in [-0.1, -0.05) is 36.4 Å². The zero-order valence-electron chi connectivity index (χ0n) is 17.8. The molecule has 1 heterocycles. The van der Waals surface area contributed by atoms with Gasteiger partial charge in [0.25, 0.3) is 0 Å². The van der Waals surface area contributed by atoms with Crippen molar-refractivity contribution >= 4 is 23.1 Å². The number of nitrogens with zero attached hydrogens (tertiary/aromatic N) is 1. The Morgan fingerprint density at radius 1 is 1.03 bits per heavy atom. The number of para-hydroxylation sites is 2. The van der Waals surface area contributed by atoms with Gasteiger partial charge in [0.1, 0.15) is 11.3 Å². The highest BCUT2D eigenvalue weighted by molar-refractivity contribution is 5.87. The Kier molecular flexibility index (Phi) is 5.42. The molecule has 5 rings (SSSR count). The summed E-state index contributed by atoms with van der Waals surface area (Å²) in [5.41, 5.74) is 2.61. The van der Waals surface area contributed by atoms with Gasteiger partial charge >= 0.3 is 0 Å². The molecular weight excluding hydrogens is 414 g/mol. The first-order valence-electron chi connectivity index (χ1n) is 10.8. The second-order valence-corrected chi connectivity index (χ2v) is 8.14. The zero-order valence-corrected chi connectivity index (χ0v) is 17.8. The standard InChI is InChI=1S/C28H21NO4/c29-16-18-10-12-20(13-11-18)26-25(33-24-7-2-1-5-22(24)27(26)31)15-14-21-4-3-6-23(30)28(21)32-17-19-8-9-19/h1-7,10-15,19,30H,8-9,17H2/b15-14+. The molecule has 4 aromatic rings. The van der Waals surface area contributed by atoms with Crippen LogP contribution in [0, 0.1) is 17.2 Å². The lowest BCUT2D eigenvalue weighted by Gasteiger charge is -2.11. The first kappa shape index (κ1) is 20.6. The summed E-state index contributed by atoms with van der Waals surface area (Å²) >= 11 is 0. The van der Waals surface area contributed by atoms with E-state index in [4.69, 9.17) is 14.4 Å². The van der Waals surface area contributed by atoms with E-state index in [1.807, 2.05) is 12.1 Å². The van der Waals surface area contributed by atoms with Gasteiger partial charge < -0.3 is 14.3 Å². The van der Waals surface area contributed by atoms with Crippen LogP contribution < -0.4 is 10.2 Å². The molecule has 5 nitrogen and oxygen atoms in total. The van der Waals surface area contributed by atoms with Gasteiger partial charge in [-0.15, -0.1) is 0 Å². The van der Waals surface area contributed by atoms with Crippen molar-refractivity contribution in [3.05, 3.63) is 93.8 Å². The van der Waals surface area contributed by atoms with Crippen molar-refractivity contribution in [3.8, 4) is 28.7 Å². The highest BCUT2D eigenvalue weighted by Gasteiger charge is 2.23. The fraction of sp³-hybridized carbons (Fsp3) is 0.143. The van der Waals surface area contributed by atoms with E-state index in [2.05, 4.69) is 6.07 Å². The summed E-state index contributed by atoms with van der Waals surface area (Å²) in [6.07, 6.45) is 5.80. The van der Waals surface area contributed by atoms with Crippen LogP contribution in [0.25, 0.3) is 34.2 Å². The molecule has 0 unspecified atom stereocenters. The molecule has 0 amide bonds. The van der Waals surface area contributed by atoms with Gasteiger partial charge in [0.05, 0.1) is 29.2 Å². The molecule has 1 saturated carbocycles. The summed E-state index contributed by atoms with van der Waals surface area (Å²) in [5.74, 6) is 1.43. The Balaban J connectivity index is 1.62. The second kappa shape index (κ2) is 8.68. The van der Waals surface area contributed by atoms with Gasteiger partial charge in [-0.25, -0.2) is 0 Å². The Morgan fingerprint density at radius 3 is 2.58 bits per heavy atom. The fourth-order valence-corrected chi connectivity index (χ4v) is 3.74. The Hall–Kier alpha value is -4.30. The molecule has 1 aliphatic carbocycles. The lowest BCUT2D eigenvalue weighted by molar-refractivity contribution is 0.284. The number of phenolic OH excluding ortho intramolecular Hbond substituents is 1. The third-order valence-electron chi connectivity index (χ3n) is 5.73. The minimum absolute atomic E-state index is 0.0741. The number of fused-ring (bicyclic) bond motifs is 1. The van der Waals surface area contributed by atoms with Crippen molar-refractivity contribution in [1.29, 1.82) is 5.26 Å². The maximum absolute atomic E-state index is 13.4. The van der Waals surface area contributed by atoms with Crippen LogP contribution in [0.4, 0.5) is 0 Å².